The molecule has 0 saturated carbocycles. The van der Waals surface area contributed by atoms with Crippen molar-refractivity contribution in [2.75, 3.05) is 0 Å². The van der Waals surface area contributed by atoms with E-state index in [9.17, 15) is 4.79 Å². The first kappa shape index (κ1) is 19.8. The van der Waals surface area contributed by atoms with Gasteiger partial charge < -0.3 is 10.00 Å². The van der Waals surface area contributed by atoms with Gasteiger partial charge in [0.15, 0.2) is 5.97 Å². The van der Waals surface area contributed by atoms with Crippen LogP contribution < -0.4 is 0 Å². The van der Waals surface area contributed by atoms with Crippen molar-refractivity contribution >= 4 is 14.7 Å². The van der Waals surface area contributed by atoms with E-state index in [1.165, 1.54) is 6.92 Å². The van der Waals surface area contributed by atoms with E-state index in [0.717, 1.165) is 6.42 Å². The second kappa shape index (κ2) is 18.9. The zero-order valence-corrected chi connectivity index (χ0v) is 12.2. The van der Waals surface area contributed by atoms with Crippen LogP contribution >= 0.6 is 8.69 Å². The van der Waals surface area contributed by atoms with Gasteiger partial charge in [0.05, 0.1) is 0 Å². The van der Waals surface area contributed by atoms with Crippen LogP contribution in [-0.4, -0.2) is 16.0 Å². The largest absolute Gasteiger partial charge is 2.00 e. The smallest absolute Gasteiger partial charge is 0.503 e. The third-order valence-corrected chi connectivity index (χ3v) is 0.854. The molecule has 0 aliphatic heterocycles. The summed E-state index contributed by atoms with van der Waals surface area (Å²) >= 11 is 0. The monoisotopic (exact) mass is 278 g/mol. The Labute approximate surface area is 103 Å². The van der Waals surface area contributed by atoms with Crippen LogP contribution in [0.2, 0.25) is 0 Å². The Hall–Kier alpha value is -0.757. The van der Waals surface area contributed by atoms with Gasteiger partial charge in [-0.2, -0.15) is 43.3 Å². The van der Waals surface area contributed by atoms with Crippen molar-refractivity contribution in [3.8, 4) is 0 Å². The summed E-state index contributed by atoms with van der Waals surface area (Å²) in [5.74, 6) is -0.870. The van der Waals surface area contributed by atoms with E-state index < -0.39 is 14.7 Å². The molecule has 78 valence electrons. The number of hydrogen-bond donors (Lipinski definition) is 2. The molecule has 0 atom stereocenters. The van der Waals surface area contributed by atoms with Gasteiger partial charge in [0.1, 0.15) is 0 Å². The molecule has 6 heteroatoms. The number of carbonyl (C=O) groups is 1. The maximum atomic E-state index is 9.31. The van der Waals surface area contributed by atoms with E-state index in [1.54, 1.807) is 0 Å². The summed E-state index contributed by atoms with van der Waals surface area (Å²) in [4.78, 5) is 16.3. The second-order valence-electron chi connectivity index (χ2n) is 1.79. The summed E-state index contributed by atoms with van der Waals surface area (Å²) in [6, 6.07) is 12.5. The number of carboxylic acid groups (broad SMARTS) is 1. The molecule has 0 heterocycles. The molecule has 0 spiro atoms. The number of rotatable bonds is 1. The molecular formula is C9H11O4PZn. The molecule has 0 aliphatic rings. The minimum atomic E-state index is -0.870. The fourth-order valence-corrected chi connectivity index (χ4v) is 0.342. The summed E-state index contributed by atoms with van der Waals surface area (Å²) in [5.41, 5.74) is 0. The van der Waals surface area contributed by atoms with Crippen molar-refractivity contribution in [1.82, 2.24) is 0 Å². The van der Waals surface area contributed by atoms with Crippen LogP contribution in [0.15, 0.2) is 30.3 Å². The van der Waals surface area contributed by atoms with E-state index in [-0.39, 0.29) is 19.5 Å². The van der Waals surface area contributed by atoms with Gasteiger partial charge in [0.25, 0.3) is 0 Å². The normalized spacial score (nSPS) is 6.80. The minimum Gasteiger partial charge on any atom is -0.503 e. The Bertz CT molecular complexity index is 204. The Kier molecular flexibility index (Phi) is 24.9. The molecule has 0 aliphatic carbocycles. The molecule has 0 amide bonds. The molecule has 0 saturated heterocycles. The van der Waals surface area contributed by atoms with Crippen LogP contribution in [0.4, 0.5) is 0 Å². The van der Waals surface area contributed by atoms with Gasteiger partial charge >= 0.3 is 28.2 Å². The van der Waals surface area contributed by atoms with Crippen molar-refractivity contribution in [3.05, 3.63) is 42.8 Å². The maximum absolute atomic E-state index is 9.31. The number of hydrogen-bond acceptors (Lipinski definition) is 2. The summed E-state index contributed by atoms with van der Waals surface area (Å²) in [6.45, 7) is 1.47. The van der Waals surface area contributed by atoms with Gasteiger partial charge in [-0.15, -0.1) is 0 Å². The Balaban J connectivity index is -0.000000148. The fourth-order valence-electron chi connectivity index (χ4n) is 0.342. The van der Waals surface area contributed by atoms with Crippen LogP contribution in [0.5, 0.6) is 0 Å². The first-order valence-corrected chi connectivity index (χ1v) is 4.35. The zero-order chi connectivity index (χ0) is 11.2. The second-order valence-corrected chi connectivity index (χ2v) is 1.95. The SMILES string of the molecule is C[CH-]C(=O)O.O=PO.[Zn+2].[c-]1ccccc1. The molecule has 15 heavy (non-hydrogen) atoms. The Morgan fingerprint density at radius 3 is 1.73 bits per heavy atom. The van der Waals surface area contributed by atoms with Gasteiger partial charge in [0.2, 0.25) is 0 Å². The molecule has 0 unspecified atom stereocenters. The van der Waals surface area contributed by atoms with Crippen LogP contribution in [0, 0.1) is 12.5 Å². The van der Waals surface area contributed by atoms with E-state index in [2.05, 4.69) is 6.07 Å². The summed E-state index contributed by atoms with van der Waals surface area (Å²) in [7, 11) is -0.833. The number of carboxylic acids is 1. The van der Waals surface area contributed by atoms with Crippen molar-refractivity contribution in [2.45, 2.75) is 6.92 Å². The van der Waals surface area contributed by atoms with Crippen molar-refractivity contribution in [2.24, 2.45) is 0 Å². The quantitative estimate of drug-likeness (QED) is 0.468. The third kappa shape index (κ3) is 31.9. The van der Waals surface area contributed by atoms with E-state index in [1.807, 2.05) is 30.3 Å². The maximum Gasteiger partial charge on any atom is 2.00 e. The summed E-state index contributed by atoms with van der Waals surface area (Å²) < 4.78 is 8.46. The minimum absolute atomic E-state index is 0. The average molecular weight is 280 g/mol. The summed E-state index contributed by atoms with van der Waals surface area (Å²) in [6.07, 6.45) is 1.08. The van der Waals surface area contributed by atoms with Crippen molar-refractivity contribution in [3.63, 3.8) is 0 Å². The number of benzene rings is 1. The Morgan fingerprint density at radius 2 is 1.67 bits per heavy atom. The van der Waals surface area contributed by atoms with E-state index in [0.29, 0.717) is 0 Å². The molecule has 0 radical (unpaired) electrons. The van der Waals surface area contributed by atoms with Gasteiger partial charge in [-0.25, -0.2) is 4.57 Å². The van der Waals surface area contributed by atoms with E-state index >= 15 is 0 Å². The molecular weight excluding hydrogens is 268 g/mol. The van der Waals surface area contributed by atoms with Gasteiger partial charge in [-0.3, -0.25) is 11.2 Å². The topological polar surface area (TPSA) is 74.6 Å². The molecule has 0 fully saturated rings. The molecule has 1 aromatic rings. The van der Waals surface area contributed by atoms with Gasteiger partial charge in [0, 0.05) is 0 Å². The molecule has 1 aromatic carbocycles. The predicted molar refractivity (Wildman–Crippen MR) is 52.7 cm³/mol. The molecule has 0 bridgehead atoms. The predicted octanol–water partition coefficient (Wildman–Crippen LogP) is 1.96. The molecule has 4 nitrogen and oxygen atoms in total. The van der Waals surface area contributed by atoms with Crippen LogP contribution in [0.25, 0.3) is 0 Å². The molecule has 1 rings (SSSR count). The van der Waals surface area contributed by atoms with E-state index in [4.69, 9.17) is 14.6 Å². The third-order valence-electron chi connectivity index (χ3n) is 0.854. The molecule has 0 aromatic heterocycles. The van der Waals surface area contributed by atoms with Crippen LogP contribution in [0.3, 0.4) is 0 Å². The first-order valence-electron chi connectivity index (χ1n) is 3.59. The van der Waals surface area contributed by atoms with Crippen molar-refractivity contribution < 1.29 is 38.8 Å². The fraction of sp³-hybridized carbons (Fsp3) is 0.111. The van der Waals surface area contributed by atoms with Crippen LogP contribution in [-0.2, 0) is 28.8 Å². The van der Waals surface area contributed by atoms with Crippen molar-refractivity contribution in [1.29, 1.82) is 0 Å². The standard InChI is InChI=1S/C6H5.C3H5O2.HO2P.Zn/c1-2-4-6-5-3-1;1-2-3(4)5;1-3-2;/h1-5H;2H,1H3,(H,4,5);(H,1,2);/q2*-1;;+2. The summed E-state index contributed by atoms with van der Waals surface area (Å²) in [5, 5.41) is 7.67. The molecule has 2 N–H and O–H groups in total. The van der Waals surface area contributed by atoms with Gasteiger partial charge in [-0.1, -0.05) is 0 Å². The van der Waals surface area contributed by atoms with Crippen LogP contribution in [0.1, 0.15) is 6.92 Å². The van der Waals surface area contributed by atoms with Gasteiger partial charge in [-0.05, 0) is 0 Å². The first-order chi connectivity index (χ1) is 6.68. The average Bonchev–Trinajstić information content (AvgIpc) is 2.22. The Morgan fingerprint density at radius 1 is 1.33 bits per heavy atom. The zero-order valence-electron chi connectivity index (χ0n) is 8.33. The number of aliphatic carboxylic acids is 1.